The molecule has 0 radical (unpaired) electrons. The molecule has 4 nitrogen and oxygen atoms in total. The maximum atomic E-state index is 12.4. The highest BCUT2D eigenvalue weighted by atomic mass is 16.2. The van der Waals surface area contributed by atoms with Gasteiger partial charge in [0.1, 0.15) is 5.78 Å². The number of urea groups is 1. The quantitative estimate of drug-likeness (QED) is 0.749. The van der Waals surface area contributed by atoms with Gasteiger partial charge >= 0.3 is 6.03 Å². The third-order valence-electron chi connectivity index (χ3n) is 6.85. The van der Waals surface area contributed by atoms with Gasteiger partial charge in [-0.3, -0.25) is 4.79 Å². The smallest absolute Gasteiger partial charge is 0.317 e. The molecule has 3 rings (SSSR count). The molecule has 1 aliphatic heterocycles. The molecule has 25 heavy (non-hydrogen) atoms. The van der Waals surface area contributed by atoms with E-state index in [1.807, 2.05) is 4.90 Å². The number of carbonyl (C=O) groups is 2. The van der Waals surface area contributed by atoms with Gasteiger partial charge in [-0.25, -0.2) is 4.79 Å². The zero-order valence-corrected chi connectivity index (χ0v) is 16.0. The fourth-order valence-corrected chi connectivity index (χ4v) is 5.29. The van der Waals surface area contributed by atoms with Crippen LogP contribution in [0.25, 0.3) is 0 Å². The van der Waals surface area contributed by atoms with E-state index in [1.54, 1.807) is 0 Å². The topological polar surface area (TPSA) is 49.4 Å². The van der Waals surface area contributed by atoms with Crippen LogP contribution in [0, 0.1) is 23.7 Å². The maximum Gasteiger partial charge on any atom is 0.317 e. The Morgan fingerprint density at radius 2 is 1.80 bits per heavy atom. The Balaban J connectivity index is 1.32. The number of carbonyl (C=O) groups excluding carboxylic acids is 2. The second-order valence-electron chi connectivity index (χ2n) is 8.81. The Morgan fingerprint density at radius 1 is 1.00 bits per heavy atom. The first kappa shape index (κ1) is 18.7. The van der Waals surface area contributed by atoms with Crippen LogP contribution in [-0.4, -0.2) is 36.3 Å². The SMILES string of the molecule is CC1CCCC(C(=O)CCCNC(=O)N2CCC3CCCCC3C2)C1. The summed E-state index contributed by atoms with van der Waals surface area (Å²) in [6.45, 7) is 4.74. The fourth-order valence-electron chi connectivity index (χ4n) is 5.29. The summed E-state index contributed by atoms with van der Waals surface area (Å²) >= 11 is 0. The minimum atomic E-state index is 0.0859. The molecule has 4 atom stereocenters. The Labute approximate surface area is 153 Å². The number of amides is 2. The Hall–Kier alpha value is -1.06. The average molecular weight is 349 g/mol. The van der Waals surface area contributed by atoms with E-state index < -0.39 is 0 Å². The number of rotatable bonds is 5. The van der Waals surface area contributed by atoms with Crippen LogP contribution in [-0.2, 0) is 4.79 Å². The van der Waals surface area contributed by atoms with Crippen LogP contribution in [0.1, 0.15) is 77.6 Å². The summed E-state index contributed by atoms with van der Waals surface area (Å²) < 4.78 is 0. The van der Waals surface area contributed by atoms with Crippen molar-refractivity contribution in [3.8, 4) is 0 Å². The lowest BCUT2D eigenvalue weighted by atomic mass is 9.75. The van der Waals surface area contributed by atoms with Crippen molar-refractivity contribution in [2.24, 2.45) is 23.7 Å². The van der Waals surface area contributed by atoms with Crippen LogP contribution in [0.15, 0.2) is 0 Å². The largest absolute Gasteiger partial charge is 0.338 e. The van der Waals surface area contributed by atoms with Crippen molar-refractivity contribution >= 4 is 11.8 Å². The molecule has 2 aliphatic carbocycles. The number of hydrogen-bond donors (Lipinski definition) is 1. The first-order chi connectivity index (χ1) is 12.1. The molecule has 4 heteroatoms. The average Bonchev–Trinajstić information content (AvgIpc) is 2.64. The number of nitrogens with zero attached hydrogens (tertiary/aromatic N) is 1. The van der Waals surface area contributed by atoms with E-state index in [1.165, 1.54) is 44.9 Å². The predicted octanol–water partition coefficient (Wildman–Crippen LogP) is 4.38. The molecule has 1 heterocycles. The minimum absolute atomic E-state index is 0.0859. The van der Waals surface area contributed by atoms with Gasteiger partial charge in [-0.15, -0.1) is 0 Å². The third kappa shape index (κ3) is 5.21. The Bertz CT molecular complexity index is 465. The molecule has 4 unspecified atom stereocenters. The van der Waals surface area contributed by atoms with Gasteiger partial charge in [0, 0.05) is 32.0 Å². The monoisotopic (exact) mass is 348 g/mol. The van der Waals surface area contributed by atoms with Gasteiger partial charge in [0.2, 0.25) is 0 Å². The normalized spacial score (nSPS) is 32.8. The molecule has 3 fully saturated rings. The highest BCUT2D eigenvalue weighted by Crippen LogP contribution is 2.36. The van der Waals surface area contributed by atoms with Crippen LogP contribution in [0.4, 0.5) is 4.79 Å². The van der Waals surface area contributed by atoms with E-state index >= 15 is 0 Å². The number of Topliss-reactive ketones (excluding diaryl/α,β-unsaturated/α-hetero) is 1. The van der Waals surface area contributed by atoms with Crippen molar-refractivity contribution < 1.29 is 9.59 Å². The van der Waals surface area contributed by atoms with Crippen molar-refractivity contribution in [2.75, 3.05) is 19.6 Å². The lowest BCUT2D eigenvalue weighted by Crippen LogP contribution is -2.48. The molecule has 0 aromatic carbocycles. The molecule has 0 spiro atoms. The van der Waals surface area contributed by atoms with Crippen LogP contribution in [0.5, 0.6) is 0 Å². The molecule has 3 aliphatic rings. The van der Waals surface area contributed by atoms with Crippen LogP contribution in [0.2, 0.25) is 0 Å². The standard InChI is InChI=1S/C21H36N2O2/c1-16-6-4-9-18(14-16)20(24)10-5-12-22-21(25)23-13-11-17-7-2-3-8-19(17)15-23/h16-19H,2-15H2,1H3,(H,22,25). The first-order valence-electron chi connectivity index (χ1n) is 10.7. The minimum Gasteiger partial charge on any atom is -0.338 e. The highest BCUT2D eigenvalue weighted by Gasteiger charge is 2.32. The van der Waals surface area contributed by atoms with Crippen LogP contribution >= 0.6 is 0 Å². The van der Waals surface area contributed by atoms with E-state index in [0.717, 1.165) is 44.2 Å². The van der Waals surface area contributed by atoms with E-state index in [9.17, 15) is 9.59 Å². The van der Waals surface area contributed by atoms with E-state index in [-0.39, 0.29) is 11.9 Å². The predicted molar refractivity (Wildman–Crippen MR) is 100 cm³/mol. The Morgan fingerprint density at radius 3 is 2.60 bits per heavy atom. The molecule has 1 N–H and O–H groups in total. The zero-order chi connectivity index (χ0) is 17.6. The van der Waals surface area contributed by atoms with E-state index in [2.05, 4.69) is 12.2 Å². The lowest BCUT2D eigenvalue weighted by molar-refractivity contribution is -0.124. The molecular formula is C21H36N2O2. The summed E-state index contributed by atoms with van der Waals surface area (Å²) in [5.41, 5.74) is 0. The number of fused-ring (bicyclic) bond motifs is 1. The van der Waals surface area contributed by atoms with Gasteiger partial charge in [0.25, 0.3) is 0 Å². The molecule has 142 valence electrons. The fraction of sp³-hybridized carbons (Fsp3) is 0.905. The van der Waals surface area contributed by atoms with Crippen molar-refractivity contribution in [3.05, 3.63) is 0 Å². The molecular weight excluding hydrogens is 312 g/mol. The van der Waals surface area contributed by atoms with Crippen molar-refractivity contribution in [1.82, 2.24) is 10.2 Å². The van der Waals surface area contributed by atoms with Crippen molar-refractivity contribution in [3.63, 3.8) is 0 Å². The van der Waals surface area contributed by atoms with Crippen molar-refractivity contribution in [1.29, 1.82) is 0 Å². The zero-order valence-electron chi connectivity index (χ0n) is 16.0. The molecule has 0 aromatic rings. The molecule has 0 bridgehead atoms. The summed E-state index contributed by atoms with van der Waals surface area (Å²) in [4.78, 5) is 26.7. The number of ketones is 1. The highest BCUT2D eigenvalue weighted by molar-refractivity contribution is 5.81. The van der Waals surface area contributed by atoms with Gasteiger partial charge in [-0.2, -0.15) is 0 Å². The Kier molecular flexibility index (Phi) is 6.77. The maximum absolute atomic E-state index is 12.4. The van der Waals surface area contributed by atoms with E-state index in [0.29, 0.717) is 24.7 Å². The third-order valence-corrected chi connectivity index (χ3v) is 6.85. The lowest BCUT2D eigenvalue weighted by Gasteiger charge is -2.41. The van der Waals surface area contributed by atoms with Gasteiger partial charge in [0.05, 0.1) is 0 Å². The number of likely N-dealkylation sites (tertiary alicyclic amines) is 1. The number of piperidine rings is 1. The van der Waals surface area contributed by atoms with E-state index in [4.69, 9.17) is 0 Å². The van der Waals surface area contributed by atoms with Crippen LogP contribution < -0.4 is 5.32 Å². The molecule has 1 saturated heterocycles. The summed E-state index contributed by atoms with van der Waals surface area (Å²) in [6, 6.07) is 0.0859. The molecule has 2 amide bonds. The van der Waals surface area contributed by atoms with Crippen LogP contribution in [0.3, 0.4) is 0 Å². The second kappa shape index (κ2) is 9.05. The number of hydrogen-bond acceptors (Lipinski definition) is 2. The van der Waals surface area contributed by atoms with Gasteiger partial charge < -0.3 is 10.2 Å². The summed E-state index contributed by atoms with van der Waals surface area (Å²) in [6.07, 6.45) is 12.6. The van der Waals surface area contributed by atoms with Gasteiger partial charge in [-0.1, -0.05) is 39.0 Å². The molecule has 2 saturated carbocycles. The second-order valence-corrected chi connectivity index (χ2v) is 8.81. The van der Waals surface area contributed by atoms with Gasteiger partial charge in [-0.05, 0) is 49.9 Å². The van der Waals surface area contributed by atoms with Gasteiger partial charge in [0.15, 0.2) is 0 Å². The number of nitrogens with one attached hydrogen (secondary N) is 1. The molecule has 0 aromatic heterocycles. The first-order valence-corrected chi connectivity index (χ1v) is 10.7. The van der Waals surface area contributed by atoms with Crippen molar-refractivity contribution in [2.45, 2.75) is 77.6 Å². The summed E-state index contributed by atoms with van der Waals surface area (Å²) in [5, 5.41) is 3.05. The summed E-state index contributed by atoms with van der Waals surface area (Å²) in [7, 11) is 0. The summed E-state index contributed by atoms with van der Waals surface area (Å²) in [5.74, 6) is 2.98.